The second kappa shape index (κ2) is 5.12. The van der Waals surface area contributed by atoms with Crippen LogP contribution in [0.25, 0.3) is 0 Å². The van der Waals surface area contributed by atoms with E-state index in [1.165, 1.54) is 5.56 Å². The fourth-order valence-corrected chi connectivity index (χ4v) is 1.65. The van der Waals surface area contributed by atoms with Gasteiger partial charge in [-0.05, 0) is 24.8 Å². The van der Waals surface area contributed by atoms with E-state index in [-0.39, 0.29) is 0 Å². The first-order chi connectivity index (χ1) is 6.58. The van der Waals surface area contributed by atoms with Gasteiger partial charge in [0.2, 0.25) is 0 Å². The van der Waals surface area contributed by atoms with Gasteiger partial charge in [-0.25, -0.2) is 0 Å². The highest BCUT2D eigenvalue weighted by Crippen LogP contribution is 2.07. The Labute approximate surface area is 84.5 Å². The zero-order chi connectivity index (χ0) is 10.4. The summed E-state index contributed by atoms with van der Waals surface area (Å²) in [6, 6.07) is 9.82. The van der Waals surface area contributed by atoms with Crippen molar-refractivity contribution in [3.63, 3.8) is 0 Å². The molecule has 0 atom stereocenters. The lowest BCUT2D eigenvalue weighted by Crippen LogP contribution is -1.97. The molecule has 0 fully saturated rings. The van der Waals surface area contributed by atoms with Gasteiger partial charge >= 0.3 is 0 Å². The van der Waals surface area contributed by atoms with E-state index in [1.54, 1.807) is 0 Å². The van der Waals surface area contributed by atoms with E-state index in [4.69, 9.17) is 4.55 Å². The van der Waals surface area contributed by atoms with Crippen LogP contribution in [0.3, 0.4) is 0 Å². The largest absolute Gasteiger partial charge is 0.285 e. The lowest BCUT2D eigenvalue weighted by Gasteiger charge is -1.99. The second-order valence-corrected chi connectivity index (χ2v) is 4.42. The fraction of sp³-hybridized carbons (Fsp3) is 0.300. The molecule has 0 unspecified atom stereocenters. The average Bonchev–Trinajstić information content (AvgIpc) is 2.13. The van der Waals surface area contributed by atoms with Crippen LogP contribution >= 0.6 is 0 Å². The molecular weight excluding hydrogens is 200 g/mol. The standard InChI is InChI=1S/C10H13O3S/c11-14(12,13)9-5-4-8-10-6-2-1-3-7-10/h1-3,6-7,9H,4-5,8H2,(H,11,12,13). The predicted octanol–water partition coefficient (Wildman–Crippen LogP) is 2.06. The third-order valence-electron chi connectivity index (χ3n) is 1.84. The first-order valence-corrected chi connectivity index (χ1v) is 5.93. The van der Waals surface area contributed by atoms with Gasteiger partial charge in [-0.2, -0.15) is 8.42 Å². The van der Waals surface area contributed by atoms with Crippen molar-refractivity contribution in [1.29, 1.82) is 0 Å². The van der Waals surface area contributed by atoms with Crippen LogP contribution in [0.15, 0.2) is 30.3 Å². The average molecular weight is 213 g/mol. The van der Waals surface area contributed by atoms with E-state index < -0.39 is 10.1 Å². The van der Waals surface area contributed by atoms with E-state index in [9.17, 15) is 8.42 Å². The van der Waals surface area contributed by atoms with Gasteiger partial charge in [0.1, 0.15) is 5.75 Å². The molecule has 0 heterocycles. The van der Waals surface area contributed by atoms with E-state index in [0.717, 1.165) is 18.6 Å². The summed E-state index contributed by atoms with van der Waals surface area (Å²) in [6.07, 6.45) is 1.93. The summed E-state index contributed by atoms with van der Waals surface area (Å²) in [4.78, 5) is 0. The van der Waals surface area contributed by atoms with Crippen LogP contribution in [0.1, 0.15) is 18.4 Å². The Hall–Kier alpha value is -0.870. The van der Waals surface area contributed by atoms with Crippen molar-refractivity contribution < 1.29 is 13.0 Å². The number of hydrogen-bond acceptors (Lipinski definition) is 2. The molecule has 1 aromatic carbocycles. The summed E-state index contributed by atoms with van der Waals surface area (Å²) in [5.41, 5.74) is 1.18. The summed E-state index contributed by atoms with van der Waals surface area (Å²) in [5, 5.41) is 0. The molecule has 3 nitrogen and oxygen atoms in total. The normalized spacial score (nSPS) is 11.5. The van der Waals surface area contributed by atoms with Crippen LogP contribution < -0.4 is 0 Å². The molecule has 1 radical (unpaired) electrons. The third-order valence-corrected chi connectivity index (χ3v) is 2.50. The van der Waals surface area contributed by atoms with Crippen molar-refractivity contribution in [2.45, 2.75) is 19.3 Å². The topological polar surface area (TPSA) is 54.4 Å². The van der Waals surface area contributed by atoms with E-state index in [1.807, 2.05) is 30.3 Å². The monoisotopic (exact) mass is 213 g/mol. The van der Waals surface area contributed by atoms with Gasteiger partial charge in [-0.1, -0.05) is 30.3 Å². The smallest absolute Gasteiger partial charge is 0.269 e. The summed E-state index contributed by atoms with van der Waals surface area (Å²) in [6.45, 7) is 0. The Bertz CT molecular complexity index is 356. The SMILES string of the molecule is O=S(=O)(O)[CH]CCCc1ccccc1. The summed E-state index contributed by atoms with van der Waals surface area (Å²) in [5.74, 6) is 0.940. The Balaban J connectivity index is 2.23. The van der Waals surface area contributed by atoms with Gasteiger partial charge in [-0.3, -0.25) is 4.55 Å². The molecule has 1 N–H and O–H groups in total. The maximum absolute atomic E-state index is 10.3. The number of unbranched alkanes of at least 4 members (excludes halogenated alkanes) is 1. The molecule has 0 aliphatic rings. The van der Waals surface area contributed by atoms with Gasteiger partial charge in [0.25, 0.3) is 10.1 Å². The van der Waals surface area contributed by atoms with Crippen molar-refractivity contribution in [2.24, 2.45) is 0 Å². The van der Waals surface area contributed by atoms with E-state index >= 15 is 0 Å². The van der Waals surface area contributed by atoms with Crippen molar-refractivity contribution in [2.75, 3.05) is 0 Å². The molecule has 77 valence electrons. The van der Waals surface area contributed by atoms with E-state index in [0.29, 0.717) is 6.42 Å². The molecule has 0 aliphatic heterocycles. The van der Waals surface area contributed by atoms with E-state index in [2.05, 4.69) is 0 Å². The first-order valence-electron chi connectivity index (χ1n) is 4.42. The molecule has 4 heteroatoms. The molecule has 0 saturated heterocycles. The van der Waals surface area contributed by atoms with Crippen molar-refractivity contribution >= 4 is 10.1 Å². The molecule has 0 amide bonds. The predicted molar refractivity (Wildman–Crippen MR) is 55.2 cm³/mol. The zero-order valence-electron chi connectivity index (χ0n) is 7.76. The molecule has 0 spiro atoms. The van der Waals surface area contributed by atoms with Crippen LogP contribution in [-0.4, -0.2) is 13.0 Å². The second-order valence-electron chi connectivity index (χ2n) is 3.06. The van der Waals surface area contributed by atoms with Gasteiger partial charge in [0.05, 0.1) is 0 Å². The molecule has 0 aliphatic carbocycles. The van der Waals surface area contributed by atoms with Crippen molar-refractivity contribution in [3.05, 3.63) is 41.6 Å². The van der Waals surface area contributed by atoms with Crippen LogP contribution in [0.2, 0.25) is 0 Å². The lowest BCUT2D eigenvalue weighted by molar-refractivity contribution is 0.487. The summed E-state index contributed by atoms with van der Waals surface area (Å²) in [7, 11) is -3.90. The number of benzene rings is 1. The third kappa shape index (κ3) is 4.99. The minimum atomic E-state index is -3.90. The number of hydrogen-bond donors (Lipinski definition) is 1. The molecule has 1 aromatic rings. The zero-order valence-corrected chi connectivity index (χ0v) is 8.57. The number of rotatable bonds is 5. The Kier molecular flexibility index (Phi) is 4.10. The van der Waals surface area contributed by atoms with Crippen LogP contribution in [0, 0.1) is 5.75 Å². The molecule has 14 heavy (non-hydrogen) atoms. The summed E-state index contributed by atoms with van der Waals surface area (Å²) >= 11 is 0. The van der Waals surface area contributed by atoms with Gasteiger partial charge in [-0.15, -0.1) is 0 Å². The first kappa shape index (κ1) is 11.2. The summed E-state index contributed by atoms with van der Waals surface area (Å²) < 4.78 is 29.1. The Morgan fingerprint density at radius 1 is 1.21 bits per heavy atom. The number of aryl methyl sites for hydroxylation is 1. The molecule has 1 rings (SSSR count). The molecule has 0 aromatic heterocycles. The molecule has 0 saturated carbocycles. The van der Waals surface area contributed by atoms with Gasteiger partial charge < -0.3 is 0 Å². The van der Waals surface area contributed by atoms with Crippen molar-refractivity contribution in [3.8, 4) is 0 Å². The molecular formula is C10H13O3S. The highest BCUT2D eigenvalue weighted by atomic mass is 32.2. The maximum Gasteiger partial charge on any atom is 0.269 e. The maximum atomic E-state index is 10.3. The van der Waals surface area contributed by atoms with Gasteiger partial charge in [0, 0.05) is 0 Å². The highest BCUT2D eigenvalue weighted by Gasteiger charge is 2.03. The Morgan fingerprint density at radius 2 is 1.86 bits per heavy atom. The van der Waals surface area contributed by atoms with Crippen LogP contribution in [0.5, 0.6) is 0 Å². The lowest BCUT2D eigenvalue weighted by atomic mass is 10.1. The highest BCUT2D eigenvalue weighted by molar-refractivity contribution is 7.87. The quantitative estimate of drug-likeness (QED) is 0.601. The van der Waals surface area contributed by atoms with Crippen LogP contribution in [-0.2, 0) is 16.5 Å². The minimum absolute atomic E-state index is 0.383. The van der Waals surface area contributed by atoms with Crippen LogP contribution in [0.4, 0.5) is 0 Å². The Morgan fingerprint density at radius 3 is 2.43 bits per heavy atom. The van der Waals surface area contributed by atoms with Gasteiger partial charge in [0.15, 0.2) is 0 Å². The molecule has 0 bridgehead atoms. The van der Waals surface area contributed by atoms with Crippen molar-refractivity contribution in [1.82, 2.24) is 0 Å². The minimum Gasteiger partial charge on any atom is -0.285 e. The fourth-order valence-electron chi connectivity index (χ4n) is 1.18.